The number of nitrogens with one attached hydrogen (secondary N) is 4. The number of carboxylic acid groups (broad SMARTS) is 1. The lowest BCUT2D eigenvalue weighted by Crippen LogP contribution is -2.44. The molecule has 0 saturated heterocycles. The first-order chi connectivity index (χ1) is 19.4. The molecule has 0 unspecified atom stereocenters. The van der Waals surface area contributed by atoms with Crippen LogP contribution in [0.25, 0.3) is 0 Å². The SMILES string of the molecule is CCNC(=O)C1=CCC(C)(C)C(N(C(=O)OCOC(=O)/C=C/C(=O)O)C(=NC=N)c2[nH]cc(C(=O)NCC)c2C)=C1. The Hall–Kier alpha value is -5.01. The molecule has 41 heavy (non-hydrogen) atoms. The average molecular weight is 571 g/mol. The van der Waals surface area contributed by atoms with Crippen LogP contribution in [-0.4, -0.2) is 76.9 Å². The van der Waals surface area contributed by atoms with Crippen molar-refractivity contribution in [2.45, 2.75) is 41.0 Å². The van der Waals surface area contributed by atoms with E-state index in [-0.39, 0.29) is 40.2 Å². The lowest BCUT2D eigenvalue weighted by atomic mass is 9.79. The summed E-state index contributed by atoms with van der Waals surface area (Å²) >= 11 is 0. The molecule has 1 aliphatic rings. The molecule has 1 aromatic rings. The van der Waals surface area contributed by atoms with Crippen molar-refractivity contribution in [1.82, 2.24) is 20.5 Å². The van der Waals surface area contributed by atoms with Gasteiger partial charge in [0.15, 0.2) is 5.84 Å². The van der Waals surface area contributed by atoms with Crippen molar-refractivity contribution >= 4 is 42.0 Å². The summed E-state index contributed by atoms with van der Waals surface area (Å²) in [7, 11) is 0. The zero-order valence-electron chi connectivity index (χ0n) is 23.5. The van der Waals surface area contributed by atoms with E-state index in [0.29, 0.717) is 43.6 Å². The second-order valence-electron chi connectivity index (χ2n) is 9.28. The molecule has 0 fully saturated rings. The van der Waals surface area contributed by atoms with Crippen LogP contribution < -0.4 is 10.6 Å². The molecule has 0 saturated carbocycles. The topological polar surface area (TPSA) is 203 Å². The van der Waals surface area contributed by atoms with Gasteiger partial charge in [0.25, 0.3) is 11.8 Å². The number of nitrogens with zero attached hydrogens (tertiary/aromatic N) is 2. The highest BCUT2D eigenvalue weighted by atomic mass is 16.7. The fraction of sp³-hybridized carbons (Fsp3) is 0.370. The maximum absolute atomic E-state index is 13.6. The van der Waals surface area contributed by atoms with Crippen LogP contribution in [-0.2, 0) is 23.9 Å². The molecule has 0 aromatic carbocycles. The zero-order valence-corrected chi connectivity index (χ0v) is 23.5. The fourth-order valence-corrected chi connectivity index (χ4v) is 3.86. The number of carboxylic acids is 1. The summed E-state index contributed by atoms with van der Waals surface area (Å²) in [5.41, 5.74) is 0.725. The number of likely N-dealkylation sites (N-methyl/N-ethyl adjacent to an activating group) is 1. The summed E-state index contributed by atoms with van der Waals surface area (Å²) in [6.07, 6.45) is 5.86. The normalized spacial score (nSPS) is 14.4. The average Bonchev–Trinajstić information content (AvgIpc) is 3.29. The summed E-state index contributed by atoms with van der Waals surface area (Å²) in [6.45, 7) is 8.70. The molecule has 1 aliphatic carbocycles. The van der Waals surface area contributed by atoms with E-state index in [1.54, 1.807) is 26.8 Å². The van der Waals surface area contributed by atoms with E-state index >= 15 is 0 Å². The molecule has 14 nitrogen and oxygen atoms in total. The number of esters is 1. The molecular formula is C27H34N6O8. The van der Waals surface area contributed by atoms with Crippen molar-refractivity contribution in [3.05, 3.63) is 58.6 Å². The zero-order chi connectivity index (χ0) is 30.7. The summed E-state index contributed by atoms with van der Waals surface area (Å²) < 4.78 is 9.98. The highest BCUT2D eigenvalue weighted by Crippen LogP contribution is 2.39. The number of allylic oxidation sites excluding steroid dienone is 2. The van der Waals surface area contributed by atoms with E-state index in [0.717, 1.165) is 4.90 Å². The summed E-state index contributed by atoms with van der Waals surface area (Å²) in [5.74, 6) is -3.28. The van der Waals surface area contributed by atoms with Crippen LogP contribution in [0.1, 0.15) is 55.7 Å². The Morgan fingerprint density at radius 1 is 1.12 bits per heavy atom. The number of amides is 3. The van der Waals surface area contributed by atoms with Crippen molar-refractivity contribution in [2.75, 3.05) is 19.9 Å². The Labute approximate surface area is 236 Å². The van der Waals surface area contributed by atoms with E-state index in [1.165, 1.54) is 12.3 Å². The van der Waals surface area contributed by atoms with Gasteiger partial charge in [-0.15, -0.1) is 0 Å². The van der Waals surface area contributed by atoms with Gasteiger partial charge in [-0.1, -0.05) is 19.9 Å². The third-order valence-corrected chi connectivity index (χ3v) is 5.93. The molecule has 0 atom stereocenters. The van der Waals surface area contributed by atoms with Gasteiger partial charge in [0.05, 0.1) is 11.3 Å². The third-order valence-electron chi connectivity index (χ3n) is 5.93. The molecule has 5 N–H and O–H groups in total. The summed E-state index contributed by atoms with van der Waals surface area (Å²) in [6, 6.07) is 0. The van der Waals surface area contributed by atoms with E-state index in [4.69, 9.17) is 20.0 Å². The molecule has 14 heteroatoms. The molecule has 220 valence electrons. The number of rotatable bonds is 11. The number of carbonyl (C=O) groups is 5. The number of aliphatic imine (C=N–C) groups is 1. The molecule has 0 spiro atoms. The first-order valence-corrected chi connectivity index (χ1v) is 12.7. The Kier molecular flexibility index (Phi) is 11.3. The van der Waals surface area contributed by atoms with Gasteiger partial charge in [0.1, 0.15) is 6.34 Å². The molecule has 2 rings (SSSR count). The Morgan fingerprint density at radius 2 is 1.78 bits per heavy atom. The fourth-order valence-electron chi connectivity index (χ4n) is 3.86. The van der Waals surface area contributed by atoms with Crippen molar-refractivity contribution in [3.8, 4) is 0 Å². The van der Waals surface area contributed by atoms with Crippen LogP contribution in [0, 0.1) is 17.7 Å². The summed E-state index contributed by atoms with van der Waals surface area (Å²) in [5, 5.41) is 21.8. The van der Waals surface area contributed by atoms with Gasteiger partial charge in [-0.05, 0) is 38.8 Å². The second-order valence-corrected chi connectivity index (χ2v) is 9.28. The number of aromatic amines is 1. The second kappa shape index (κ2) is 14.4. The molecule has 1 aromatic heterocycles. The van der Waals surface area contributed by atoms with Crippen molar-refractivity contribution in [3.63, 3.8) is 0 Å². The number of hydrogen-bond acceptors (Lipinski definition) is 8. The van der Waals surface area contributed by atoms with Gasteiger partial charge >= 0.3 is 18.0 Å². The number of ether oxygens (including phenoxy) is 2. The maximum Gasteiger partial charge on any atom is 0.422 e. The van der Waals surface area contributed by atoms with Crippen LogP contribution in [0.4, 0.5) is 4.79 Å². The maximum atomic E-state index is 13.6. The smallest absolute Gasteiger partial charge is 0.422 e. The van der Waals surface area contributed by atoms with Crippen LogP contribution in [0.3, 0.4) is 0 Å². The number of carbonyl (C=O) groups excluding carboxylic acids is 4. The van der Waals surface area contributed by atoms with Crippen molar-refractivity contribution < 1.29 is 38.6 Å². The lowest BCUT2D eigenvalue weighted by Gasteiger charge is -2.37. The molecule has 1 heterocycles. The number of hydrogen-bond donors (Lipinski definition) is 5. The predicted octanol–water partition coefficient (Wildman–Crippen LogP) is 2.38. The molecular weight excluding hydrogens is 536 g/mol. The van der Waals surface area contributed by atoms with Crippen LogP contribution in [0.5, 0.6) is 0 Å². The minimum Gasteiger partial charge on any atom is -0.478 e. The predicted molar refractivity (Wildman–Crippen MR) is 148 cm³/mol. The highest BCUT2D eigenvalue weighted by molar-refractivity contribution is 6.12. The lowest BCUT2D eigenvalue weighted by molar-refractivity contribution is -0.146. The van der Waals surface area contributed by atoms with E-state index in [2.05, 4.69) is 20.6 Å². The van der Waals surface area contributed by atoms with Gasteiger partial charge in [-0.2, -0.15) is 0 Å². The molecule has 0 aliphatic heterocycles. The van der Waals surface area contributed by atoms with Crippen molar-refractivity contribution in [2.24, 2.45) is 10.4 Å². The summed E-state index contributed by atoms with van der Waals surface area (Å²) in [4.78, 5) is 69.3. The Morgan fingerprint density at radius 3 is 2.39 bits per heavy atom. The van der Waals surface area contributed by atoms with Gasteiger partial charge in [-0.25, -0.2) is 24.3 Å². The molecule has 0 radical (unpaired) electrons. The van der Waals surface area contributed by atoms with Gasteiger partial charge in [0, 0.05) is 48.1 Å². The highest BCUT2D eigenvalue weighted by Gasteiger charge is 2.39. The van der Waals surface area contributed by atoms with E-state index < -0.39 is 30.2 Å². The number of aliphatic carboxylic acids is 1. The van der Waals surface area contributed by atoms with Gasteiger partial charge in [0.2, 0.25) is 6.79 Å². The first kappa shape index (κ1) is 32.2. The number of H-pyrrole nitrogens is 1. The van der Waals surface area contributed by atoms with E-state index in [9.17, 15) is 24.0 Å². The quantitative estimate of drug-likeness (QED) is 0.0876. The van der Waals surface area contributed by atoms with Crippen molar-refractivity contribution in [1.29, 1.82) is 5.41 Å². The van der Waals surface area contributed by atoms with Gasteiger partial charge in [-0.3, -0.25) is 15.0 Å². The minimum absolute atomic E-state index is 0.119. The van der Waals surface area contributed by atoms with Crippen LogP contribution >= 0.6 is 0 Å². The number of aromatic nitrogens is 1. The Balaban J connectivity index is 2.62. The Bertz CT molecular complexity index is 1330. The van der Waals surface area contributed by atoms with Gasteiger partial charge < -0.3 is 30.2 Å². The minimum atomic E-state index is -1.37. The number of amidine groups is 1. The largest absolute Gasteiger partial charge is 0.478 e. The van der Waals surface area contributed by atoms with E-state index in [1.807, 2.05) is 13.8 Å². The third kappa shape index (κ3) is 8.24. The molecule has 0 bridgehead atoms. The van der Waals surface area contributed by atoms with Crippen LogP contribution in [0.2, 0.25) is 0 Å². The molecule has 3 amide bonds. The van der Waals surface area contributed by atoms with Crippen LogP contribution in [0.15, 0.2) is 46.8 Å². The monoisotopic (exact) mass is 570 g/mol. The first-order valence-electron chi connectivity index (χ1n) is 12.7. The standard InChI is InChI=1S/C27H34N6O8/c1-6-29-24(37)17-10-11-27(4,5)19(12-17)33(26(39)41-15-40-21(36)9-8-20(34)35)23(32-14-28)22-16(3)18(13-31-22)25(38)30-7-2/h8-10,12-14,28,31H,6-7,11,15H2,1-5H3,(H,29,37)(H,30,38)(H,34,35)/b9-8+,28-14?,32-23?.